The fraction of sp³-hybridized carbons (Fsp3) is 0.217. The Morgan fingerprint density at radius 3 is 2.32 bits per heavy atom. The maximum absolute atomic E-state index is 13.0. The van der Waals surface area contributed by atoms with Gasteiger partial charge in [-0.15, -0.1) is 11.3 Å². The summed E-state index contributed by atoms with van der Waals surface area (Å²) in [5.74, 6) is -0.685. The largest absolute Gasteiger partial charge is 0.322 e. The first-order valence-electron chi connectivity index (χ1n) is 10.1. The molecular weight excluding hydrogens is 432 g/mol. The van der Waals surface area contributed by atoms with Crippen molar-refractivity contribution < 1.29 is 18.0 Å². The van der Waals surface area contributed by atoms with Crippen LogP contribution in [0.4, 0.5) is 5.69 Å². The summed E-state index contributed by atoms with van der Waals surface area (Å²) >= 11 is 1.32. The highest BCUT2D eigenvalue weighted by molar-refractivity contribution is 7.89. The molecule has 2 aromatic carbocycles. The normalized spacial score (nSPS) is 14.8. The number of nitrogens with one attached hydrogen (secondary N) is 1. The third kappa shape index (κ3) is 4.61. The van der Waals surface area contributed by atoms with E-state index in [-0.39, 0.29) is 16.2 Å². The fourth-order valence-corrected chi connectivity index (χ4v) is 5.85. The second-order valence-electron chi connectivity index (χ2n) is 7.30. The van der Waals surface area contributed by atoms with Gasteiger partial charge in [-0.3, -0.25) is 9.59 Å². The molecule has 0 spiro atoms. The van der Waals surface area contributed by atoms with Crippen LogP contribution in [0.2, 0.25) is 0 Å². The lowest BCUT2D eigenvalue weighted by molar-refractivity contribution is 0.0998. The molecule has 1 amide bonds. The van der Waals surface area contributed by atoms with Crippen LogP contribution in [0.15, 0.2) is 70.9 Å². The van der Waals surface area contributed by atoms with Crippen LogP contribution in [0.3, 0.4) is 0 Å². The number of carbonyl (C=O) groups excluding carboxylic acids is 2. The van der Waals surface area contributed by atoms with E-state index in [9.17, 15) is 18.0 Å². The number of hydrogen-bond donors (Lipinski definition) is 1. The fourth-order valence-electron chi connectivity index (χ4n) is 3.61. The average molecular weight is 455 g/mol. The Balaban J connectivity index is 1.58. The molecule has 2 heterocycles. The standard InChI is InChI=1S/C23H22N2O4S2/c26-22(21-12-7-15-30-21)19-10-2-3-11-20(19)23(27)24-17-8-6-9-18(16-17)31(28,29)25-13-4-1-5-14-25/h2-3,6-12,15-16H,1,4-5,13-14H2,(H,24,27). The molecule has 3 aromatic rings. The van der Waals surface area contributed by atoms with E-state index in [1.165, 1.54) is 27.8 Å². The van der Waals surface area contributed by atoms with Gasteiger partial charge in [0.25, 0.3) is 5.91 Å². The van der Waals surface area contributed by atoms with Crippen LogP contribution < -0.4 is 5.32 Å². The van der Waals surface area contributed by atoms with Crippen LogP contribution in [-0.2, 0) is 10.0 Å². The lowest BCUT2D eigenvalue weighted by Crippen LogP contribution is -2.35. The van der Waals surface area contributed by atoms with Gasteiger partial charge in [0, 0.05) is 24.3 Å². The SMILES string of the molecule is O=C(Nc1cccc(S(=O)(=O)N2CCCCC2)c1)c1ccccc1C(=O)c1cccs1. The van der Waals surface area contributed by atoms with Crippen molar-refractivity contribution >= 4 is 38.7 Å². The van der Waals surface area contributed by atoms with Crippen molar-refractivity contribution in [3.05, 3.63) is 82.0 Å². The van der Waals surface area contributed by atoms with E-state index in [4.69, 9.17) is 0 Å². The van der Waals surface area contributed by atoms with Crippen LogP contribution in [0, 0.1) is 0 Å². The number of nitrogens with zero attached hydrogens (tertiary/aromatic N) is 1. The maximum Gasteiger partial charge on any atom is 0.256 e. The molecule has 0 radical (unpaired) electrons. The molecular formula is C23H22N2O4S2. The molecule has 31 heavy (non-hydrogen) atoms. The number of thiophene rings is 1. The third-order valence-corrected chi connectivity index (χ3v) is 7.97. The second kappa shape index (κ2) is 9.13. The van der Waals surface area contributed by atoms with Gasteiger partial charge in [0.1, 0.15) is 0 Å². The molecule has 160 valence electrons. The highest BCUT2D eigenvalue weighted by Gasteiger charge is 2.26. The first-order valence-corrected chi connectivity index (χ1v) is 12.4. The number of anilines is 1. The van der Waals surface area contributed by atoms with E-state index in [1.54, 1.807) is 48.5 Å². The first kappa shape index (κ1) is 21.4. The minimum atomic E-state index is -3.61. The van der Waals surface area contributed by atoms with Crippen molar-refractivity contribution in [1.82, 2.24) is 4.31 Å². The smallest absolute Gasteiger partial charge is 0.256 e. The van der Waals surface area contributed by atoms with Gasteiger partial charge in [-0.05, 0) is 48.6 Å². The summed E-state index contributed by atoms with van der Waals surface area (Å²) in [7, 11) is -3.61. The van der Waals surface area contributed by atoms with Crippen molar-refractivity contribution in [2.75, 3.05) is 18.4 Å². The zero-order chi connectivity index (χ0) is 21.8. The Morgan fingerprint density at radius 1 is 0.871 bits per heavy atom. The molecule has 0 atom stereocenters. The molecule has 1 N–H and O–H groups in total. The van der Waals surface area contributed by atoms with Crippen LogP contribution in [0.1, 0.15) is 44.9 Å². The predicted molar refractivity (Wildman–Crippen MR) is 121 cm³/mol. The quantitative estimate of drug-likeness (QED) is 0.560. The monoisotopic (exact) mass is 454 g/mol. The number of rotatable bonds is 6. The van der Waals surface area contributed by atoms with Crippen LogP contribution in [-0.4, -0.2) is 37.5 Å². The summed E-state index contributed by atoms with van der Waals surface area (Å²) in [4.78, 5) is 26.4. The number of hydrogen-bond acceptors (Lipinski definition) is 5. The summed E-state index contributed by atoms with van der Waals surface area (Å²) in [5, 5.41) is 4.55. The Labute approximate surface area is 185 Å². The minimum Gasteiger partial charge on any atom is -0.322 e. The number of amides is 1. The Hall–Kier alpha value is -2.81. The molecule has 4 rings (SSSR count). The lowest BCUT2D eigenvalue weighted by atomic mass is 10.0. The van der Waals surface area contributed by atoms with E-state index in [0.717, 1.165) is 19.3 Å². The van der Waals surface area contributed by atoms with E-state index in [0.29, 0.717) is 29.2 Å². The van der Waals surface area contributed by atoms with E-state index in [2.05, 4.69) is 5.32 Å². The highest BCUT2D eigenvalue weighted by atomic mass is 32.2. The van der Waals surface area contributed by atoms with Crippen molar-refractivity contribution in [2.45, 2.75) is 24.2 Å². The van der Waals surface area contributed by atoms with Crippen LogP contribution >= 0.6 is 11.3 Å². The topological polar surface area (TPSA) is 83.6 Å². The van der Waals surface area contributed by atoms with Crippen molar-refractivity contribution in [3.8, 4) is 0 Å². The van der Waals surface area contributed by atoms with E-state index in [1.807, 2.05) is 5.38 Å². The van der Waals surface area contributed by atoms with Gasteiger partial charge < -0.3 is 5.32 Å². The summed E-state index contributed by atoms with van der Waals surface area (Å²) in [6.07, 6.45) is 2.74. The van der Waals surface area contributed by atoms with Gasteiger partial charge in [0.05, 0.1) is 15.3 Å². The van der Waals surface area contributed by atoms with Gasteiger partial charge in [0.2, 0.25) is 15.8 Å². The lowest BCUT2D eigenvalue weighted by Gasteiger charge is -2.26. The molecule has 0 saturated carbocycles. The van der Waals surface area contributed by atoms with Crippen molar-refractivity contribution in [3.63, 3.8) is 0 Å². The van der Waals surface area contributed by atoms with Crippen molar-refractivity contribution in [1.29, 1.82) is 0 Å². The highest BCUT2D eigenvalue weighted by Crippen LogP contribution is 2.24. The minimum absolute atomic E-state index is 0.148. The molecule has 6 nitrogen and oxygen atoms in total. The zero-order valence-corrected chi connectivity index (χ0v) is 18.4. The van der Waals surface area contributed by atoms with Gasteiger partial charge in [-0.25, -0.2) is 8.42 Å². The second-order valence-corrected chi connectivity index (χ2v) is 10.2. The maximum atomic E-state index is 13.0. The molecule has 1 aromatic heterocycles. The van der Waals surface area contributed by atoms with E-state index < -0.39 is 15.9 Å². The third-order valence-electron chi connectivity index (χ3n) is 5.21. The Kier molecular flexibility index (Phi) is 6.31. The van der Waals surface area contributed by atoms with E-state index >= 15 is 0 Å². The molecule has 0 bridgehead atoms. The molecule has 0 unspecified atom stereocenters. The van der Waals surface area contributed by atoms with Gasteiger partial charge in [-0.1, -0.05) is 36.8 Å². The van der Waals surface area contributed by atoms with Gasteiger partial charge in [-0.2, -0.15) is 4.31 Å². The molecule has 1 saturated heterocycles. The number of benzene rings is 2. The Morgan fingerprint density at radius 2 is 1.61 bits per heavy atom. The summed E-state index contributed by atoms with van der Waals surface area (Å²) in [5.41, 5.74) is 0.909. The average Bonchev–Trinajstić information content (AvgIpc) is 3.34. The Bertz CT molecular complexity index is 1200. The van der Waals surface area contributed by atoms with Crippen LogP contribution in [0.5, 0.6) is 0 Å². The molecule has 0 aliphatic carbocycles. The number of piperidine rings is 1. The molecule has 1 aliphatic rings. The zero-order valence-electron chi connectivity index (χ0n) is 16.8. The van der Waals surface area contributed by atoms with Crippen molar-refractivity contribution in [2.24, 2.45) is 0 Å². The molecule has 1 fully saturated rings. The first-order chi connectivity index (χ1) is 15.0. The van der Waals surface area contributed by atoms with Gasteiger partial charge in [0.15, 0.2) is 0 Å². The molecule has 1 aliphatic heterocycles. The number of ketones is 1. The summed E-state index contributed by atoms with van der Waals surface area (Å²) in [6, 6.07) is 16.4. The number of sulfonamides is 1. The predicted octanol–water partition coefficient (Wildman–Crippen LogP) is 4.41. The summed E-state index contributed by atoms with van der Waals surface area (Å²) < 4.78 is 27.4. The van der Waals surface area contributed by atoms with Gasteiger partial charge >= 0.3 is 0 Å². The summed E-state index contributed by atoms with van der Waals surface area (Å²) in [6.45, 7) is 1.02. The molecule has 8 heteroatoms. The van der Waals surface area contributed by atoms with Crippen LogP contribution in [0.25, 0.3) is 0 Å². The number of carbonyl (C=O) groups is 2.